The average Bonchev–Trinajstić information content (AvgIpc) is 2.04. The van der Waals surface area contributed by atoms with Gasteiger partial charge in [-0.25, -0.2) is 4.79 Å². The van der Waals surface area contributed by atoms with E-state index in [1.807, 2.05) is 0 Å². The SMILES string of the molecule is CCC(=O)OC(=O)C(C)(Cl)CS. The Balaban J connectivity index is 4.13. The summed E-state index contributed by atoms with van der Waals surface area (Å²) in [4.78, 5) is 20.5. The summed E-state index contributed by atoms with van der Waals surface area (Å²) in [5, 5.41) is 0. The predicted octanol–water partition coefficient (Wildman–Crippen LogP) is 1.39. The summed E-state index contributed by atoms with van der Waals surface area (Å²) >= 11 is 9.52. The lowest BCUT2D eigenvalue weighted by Gasteiger charge is -2.15. The van der Waals surface area contributed by atoms with Gasteiger partial charge in [0.15, 0.2) is 0 Å². The predicted molar refractivity (Wildman–Crippen MR) is 49.5 cm³/mol. The molecule has 0 aliphatic rings. The van der Waals surface area contributed by atoms with E-state index in [4.69, 9.17) is 11.6 Å². The molecule has 0 aromatic carbocycles. The number of carbonyl (C=O) groups is 2. The van der Waals surface area contributed by atoms with Gasteiger partial charge in [0.05, 0.1) is 0 Å². The summed E-state index contributed by atoms with van der Waals surface area (Å²) in [6.45, 7) is 3.05. The first-order valence-corrected chi connectivity index (χ1v) is 4.50. The standard InChI is InChI=1S/C7H11ClO3S/c1-3-5(9)11-6(10)7(2,8)4-12/h12H,3-4H2,1-2H3. The second-order valence-electron chi connectivity index (χ2n) is 2.47. The molecule has 0 fully saturated rings. The van der Waals surface area contributed by atoms with Gasteiger partial charge in [-0.15, -0.1) is 11.6 Å². The first-order valence-electron chi connectivity index (χ1n) is 3.49. The van der Waals surface area contributed by atoms with Crippen LogP contribution < -0.4 is 0 Å². The Labute approximate surface area is 81.8 Å². The second-order valence-corrected chi connectivity index (χ2v) is 3.62. The van der Waals surface area contributed by atoms with Gasteiger partial charge in [0.25, 0.3) is 0 Å². The summed E-state index contributed by atoms with van der Waals surface area (Å²) in [7, 11) is 0. The minimum absolute atomic E-state index is 0.129. The summed E-state index contributed by atoms with van der Waals surface area (Å²) in [6.07, 6.45) is 0.158. The van der Waals surface area contributed by atoms with Gasteiger partial charge < -0.3 is 4.74 Å². The molecule has 12 heavy (non-hydrogen) atoms. The van der Waals surface area contributed by atoms with Gasteiger partial charge in [-0.3, -0.25) is 4.79 Å². The van der Waals surface area contributed by atoms with E-state index in [1.54, 1.807) is 6.92 Å². The van der Waals surface area contributed by atoms with Crippen LogP contribution >= 0.6 is 24.2 Å². The lowest BCUT2D eigenvalue weighted by Crippen LogP contribution is -2.34. The van der Waals surface area contributed by atoms with Crippen molar-refractivity contribution in [3.63, 3.8) is 0 Å². The van der Waals surface area contributed by atoms with Crippen molar-refractivity contribution in [1.29, 1.82) is 0 Å². The topological polar surface area (TPSA) is 43.4 Å². The average molecular weight is 211 g/mol. The van der Waals surface area contributed by atoms with Crippen LogP contribution in [0.3, 0.4) is 0 Å². The van der Waals surface area contributed by atoms with Gasteiger partial charge in [0.2, 0.25) is 0 Å². The Kier molecular flexibility index (Phi) is 4.63. The first kappa shape index (κ1) is 11.8. The van der Waals surface area contributed by atoms with Crippen LogP contribution in [0.15, 0.2) is 0 Å². The van der Waals surface area contributed by atoms with Crippen molar-refractivity contribution in [3.8, 4) is 0 Å². The minimum Gasteiger partial charge on any atom is -0.392 e. The Bertz CT molecular complexity index is 191. The molecule has 3 nitrogen and oxygen atoms in total. The molecule has 0 rings (SSSR count). The molecule has 1 atom stereocenters. The van der Waals surface area contributed by atoms with Gasteiger partial charge in [-0.2, -0.15) is 12.6 Å². The molecule has 0 N–H and O–H groups in total. The molecule has 0 bridgehead atoms. The third-order valence-electron chi connectivity index (χ3n) is 1.22. The minimum atomic E-state index is -1.21. The van der Waals surface area contributed by atoms with Gasteiger partial charge in [-0.1, -0.05) is 6.92 Å². The maximum absolute atomic E-state index is 11.0. The van der Waals surface area contributed by atoms with E-state index < -0.39 is 16.8 Å². The molecule has 0 spiro atoms. The van der Waals surface area contributed by atoms with Crippen molar-refractivity contribution >= 4 is 36.2 Å². The van der Waals surface area contributed by atoms with Crippen molar-refractivity contribution in [2.75, 3.05) is 5.75 Å². The number of thiol groups is 1. The van der Waals surface area contributed by atoms with E-state index in [-0.39, 0.29) is 12.2 Å². The number of ether oxygens (including phenoxy) is 1. The Morgan fingerprint density at radius 2 is 2.08 bits per heavy atom. The van der Waals surface area contributed by atoms with Crippen molar-refractivity contribution < 1.29 is 14.3 Å². The molecule has 0 aliphatic heterocycles. The monoisotopic (exact) mass is 210 g/mol. The quantitative estimate of drug-likeness (QED) is 0.331. The number of alkyl halides is 1. The normalized spacial score (nSPS) is 15.0. The molecule has 0 heterocycles. The fraction of sp³-hybridized carbons (Fsp3) is 0.714. The van der Waals surface area contributed by atoms with Crippen LogP contribution in [-0.2, 0) is 14.3 Å². The maximum Gasteiger partial charge on any atom is 0.335 e. The fourth-order valence-corrected chi connectivity index (χ4v) is 0.514. The summed E-state index contributed by atoms with van der Waals surface area (Å²) in [6, 6.07) is 0. The Morgan fingerprint density at radius 3 is 2.42 bits per heavy atom. The van der Waals surface area contributed by atoms with Crippen molar-refractivity contribution in [2.24, 2.45) is 0 Å². The lowest BCUT2D eigenvalue weighted by molar-refractivity contribution is -0.160. The second kappa shape index (κ2) is 4.72. The summed E-state index contributed by atoms with van der Waals surface area (Å²) in [5.41, 5.74) is 0. The number of hydrogen-bond acceptors (Lipinski definition) is 4. The molecule has 0 amide bonds. The van der Waals surface area contributed by atoms with Crippen molar-refractivity contribution in [2.45, 2.75) is 25.1 Å². The van der Waals surface area contributed by atoms with Crippen molar-refractivity contribution in [3.05, 3.63) is 0 Å². The number of hydrogen-bond donors (Lipinski definition) is 1. The molecule has 0 aromatic heterocycles. The third kappa shape index (κ3) is 3.45. The van der Waals surface area contributed by atoms with E-state index in [9.17, 15) is 9.59 Å². The van der Waals surface area contributed by atoms with E-state index in [0.29, 0.717) is 0 Å². The summed E-state index contributed by atoms with van der Waals surface area (Å²) in [5.74, 6) is -1.19. The zero-order chi connectivity index (χ0) is 9.78. The van der Waals surface area contributed by atoms with Crippen LogP contribution in [-0.4, -0.2) is 22.6 Å². The largest absolute Gasteiger partial charge is 0.392 e. The number of halogens is 1. The lowest BCUT2D eigenvalue weighted by atomic mass is 10.2. The third-order valence-corrected chi connectivity index (χ3v) is 2.32. The number of esters is 2. The molecule has 0 aliphatic carbocycles. The van der Waals surface area contributed by atoms with Crippen molar-refractivity contribution in [1.82, 2.24) is 0 Å². The van der Waals surface area contributed by atoms with Crippen LogP contribution in [0.5, 0.6) is 0 Å². The smallest absolute Gasteiger partial charge is 0.335 e. The molecular weight excluding hydrogens is 200 g/mol. The van der Waals surface area contributed by atoms with E-state index in [1.165, 1.54) is 6.92 Å². The molecule has 1 unspecified atom stereocenters. The molecule has 0 aromatic rings. The van der Waals surface area contributed by atoms with Crippen LogP contribution in [0.1, 0.15) is 20.3 Å². The van der Waals surface area contributed by atoms with E-state index in [0.717, 1.165) is 0 Å². The molecule has 0 radical (unpaired) electrons. The van der Waals surface area contributed by atoms with E-state index in [2.05, 4.69) is 17.4 Å². The van der Waals surface area contributed by atoms with Gasteiger partial charge in [-0.05, 0) is 6.92 Å². The van der Waals surface area contributed by atoms with Crippen LogP contribution in [0.2, 0.25) is 0 Å². The highest BCUT2D eigenvalue weighted by molar-refractivity contribution is 7.80. The van der Waals surface area contributed by atoms with Gasteiger partial charge in [0.1, 0.15) is 4.87 Å². The first-order chi connectivity index (χ1) is 5.44. The molecular formula is C7H11ClO3S. The fourth-order valence-electron chi connectivity index (χ4n) is 0.347. The van der Waals surface area contributed by atoms with Gasteiger partial charge >= 0.3 is 11.9 Å². The van der Waals surface area contributed by atoms with Gasteiger partial charge in [0, 0.05) is 12.2 Å². The van der Waals surface area contributed by atoms with E-state index >= 15 is 0 Å². The molecule has 0 saturated carbocycles. The van der Waals surface area contributed by atoms with Crippen LogP contribution in [0.4, 0.5) is 0 Å². The highest BCUT2D eigenvalue weighted by Gasteiger charge is 2.32. The van der Waals surface area contributed by atoms with Crippen LogP contribution in [0.25, 0.3) is 0 Å². The number of rotatable bonds is 3. The zero-order valence-corrected chi connectivity index (χ0v) is 8.61. The Morgan fingerprint density at radius 1 is 1.58 bits per heavy atom. The Hall–Kier alpha value is -0.220. The highest BCUT2D eigenvalue weighted by atomic mass is 35.5. The summed E-state index contributed by atoms with van der Waals surface area (Å²) < 4.78 is 4.40. The van der Waals surface area contributed by atoms with Crippen LogP contribution in [0, 0.1) is 0 Å². The molecule has 5 heteroatoms. The highest BCUT2D eigenvalue weighted by Crippen LogP contribution is 2.17. The maximum atomic E-state index is 11.0. The molecule has 0 saturated heterocycles. The number of carbonyl (C=O) groups excluding carboxylic acids is 2. The zero-order valence-electron chi connectivity index (χ0n) is 6.96. The molecule has 70 valence electrons.